The summed E-state index contributed by atoms with van der Waals surface area (Å²) in [7, 11) is 3.49. The van der Waals surface area contributed by atoms with Crippen molar-refractivity contribution in [3.63, 3.8) is 0 Å². The highest BCUT2D eigenvalue weighted by atomic mass is 16.5. The number of hydrogen-bond donors (Lipinski definition) is 0. The number of rotatable bonds is 6. The Bertz CT molecular complexity index is 960. The SMILES string of the molecule is COCCC1(c2noc(-c3ccncc3)n2)CCN(C(=O)c2cnn(C)c2)CC1. The Hall–Kier alpha value is -3.07. The zero-order valence-electron chi connectivity index (χ0n) is 16.6. The first-order valence-corrected chi connectivity index (χ1v) is 9.63. The molecule has 0 aromatic carbocycles. The van der Waals surface area contributed by atoms with Crippen LogP contribution in [0.4, 0.5) is 0 Å². The maximum atomic E-state index is 12.8. The summed E-state index contributed by atoms with van der Waals surface area (Å²) >= 11 is 0. The number of pyridine rings is 1. The number of likely N-dealkylation sites (tertiary alicyclic amines) is 1. The number of aryl methyl sites for hydroxylation is 1. The number of methoxy groups -OCH3 is 1. The van der Waals surface area contributed by atoms with E-state index < -0.39 is 0 Å². The Morgan fingerprint density at radius 2 is 2.03 bits per heavy atom. The number of carbonyl (C=O) groups excluding carboxylic acids is 1. The topological polar surface area (TPSA) is 99.2 Å². The van der Waals surface area contributed by atoms with E-state index in [-0.39, 0.29) is 11.3 Å². The van der Waals surface area contributed by atoms with E-state index >= 15 is 0 Å². The molecule has 0 spiro atoms. The molecule has 1 saturated heterocycles. The number of hydrogen-bond acceptors (Lipinski definition) is 7. The lowest BCUT2D eigenvalue weighted by Crippen LogP contribution is -2.46. The average Bonchev–Trinajstić information content (AvgIpc) is 3.43. The van der Waals surface area contributed by atoms with E-state index in [4.69, 9.17) is 9.26 Å². The summed E-state index contributed by atoms with van der Waals surface area (Å²) < 4.78 is 12.5. The number of piperidine rings is 1. The van der Waals surface area contributed by atoms with Gasteiger partial charge in [0.2, 0.25) is 0 Å². The van der Waals surface area contributed by atoms with Gasteiger partial charge in [-0.25, -0.2) is 0 Å². The molecule has 1 amide bonds. The van der Waals surface area contributed by atoms with E-state index in [0.717, 1.165) is 24.8 Å². The van der Waals surface area contributed by atoms with Crippen LogP contribution in [0.15, 0.2) is 41.4 Å². The largest absolute Gasteiger partial charge is 0.385 e. The van der Waals surface area contributed by atoms with Gasteiger partial charge in [-0.15, -0.1) is 0 Å². The molecule has 0 radical (unpaired) electrons. The van der Waals surface area contributed by atoms with Crippen LogP contribution in [0.25, 0.3) is 11.5 Å². The van der Waals surface area contributed by atoms with Gasteiger partial charge >= 0.3 is 0 Å². The zero-order chi connectivity index (χ0) is 20.3. The first-order chi connectivity index (χ1) is 14.1. The van der Waals surface area contributed by atoms with Crippen LogP contribution < -0.4 is 0 Å². The van der Waals surface area contributed by atoms with Crippen LogP contribution in [0.3, 0.4) is 0 Å². The molecule has 1 aliphatic rings. The van der Waals surface area contributed by atoms with Gasteiger partial charge in [-0.05, 0) is 31.4 Å². The first kappa shape index (κ1) is 19.3. The lowest BCUT2D eigenvalue weighted by Gasteiger charge is -2.39. The predicted octanol–water partition coefficient (Wildman–Crippen LogP) is 2.08. The van der Waals surface area contributed by atoms with Crippen molar-refractivity contribution in [3.8, 4) is 11.5 Å². The van der Waals surface area contributed by atoms with Crippen LogP contribution in [0.2, 0.25) is 0 Å². The van der Waals surface area contributed by atoms with E-state index in [1.807, 2.05) is 17.0 Å². The highest BCUT2D eigenvalue weighted by Gasteiger charge is 2.41. The Morgan fingerprint density at radius 3 is 2.69 bits per heavy atom. The second-order valence-electron chi connectivity index (χ2n) is 7.38. The van der Waals surface area contributed by atoms with Gasteiger partial charge in [0, 0.05) is 63.4 Å². The van der Waals surface area contributed by atoms with Crippen molar-refractivity contribution in [2.45, 2.75) is 24.7 Å². The van der Waals surface area contributed by atoms with Crippen LogP contribution in [-0.4, -0.2) is 62.5 Å². The van der Waals surface area contributed by atoms with E-state index in [1.54, 1.807) is 43.6 Å². The number of nitrogens with zero attached hydrogens (tertiary/aromatic N) is 6. The first-order valence-electron chi connectivity index (χ1n) is 9.63. The highest BCUT2D eigenvalue weighted by Crippen LogP contribution is 2.38. The van der Waals surface area contributed by atoms with Crippen molar-refractivity contribution in [2.24, 2.45) is 7.05 Å². The fraction of sp³-hybridized carbons (Fsp3) is 0.450. The fourth-order valence-electron chi connectivity index (χ4n) is 3.79. The number of ether oxygens (including phenoxy) is 1. The van der Waals surface area contributed by atoms with E-state index in [2.05, 4.69) is 20.2 Å². The van der Waals surface area contributed by atoms with Crippen LogP contribution in [0.5, 0.6) is 0 Å². The quantitative estimate of drug-likeness (QED) is 0.629. The highest BCUT2D eigenvalue weighted by molar-refractivity contribution is 5.93. The van der Waals surface area contributed by atoms with Gasteiger partial charge in [0.25, 0.3) is 11.8 Å². The van der Waals surface area contributed by atoms with Gasteiger partial charge in [-0.3, -0.25) is 14.5 Å². The molecule has 0 unspecified atom stereocenters. The molecule has 4 heterocycles. The molecule has 0 saturated carbocycles. The standard InChI is InChI=1S/C20H24N6O3/c1-25-14-16(13-22-25)18(27)26-10-5-20(6-11-26,7-12-28-2)19-23-17(29-24-19)15-3-8-21-9-4-15/h3-4,8-9,13-14H,5-7,10-12H2,1-2H3. The van der Waals surface area contributed by atoms with Gasteiger partial charge in [0.1, 0.15) is 0 Å². The number of amides is 1. The molecule has 9 heteroatoms. The number of aromatic nitrogens is 5. The molecule has 0 N–H and O–H groups in total. The Labute approximate surface area is 168 Å². The van der Waals surface area contributed by atoms with Crippen molar-refractivity contribution < 1.29 is 14.1 Å². The monoisotopic (exact) mass is 396 g/mol. The molecule has 0 atom stereocenters. The predicted molar refractivity (Wildman–Crippen MR) is 104 cm³/mol. The molecule has 9 nitrogen and oxygen atoms in total. The maximum absolute atomic E-state index is 12.8. The second-order valence-corrected chi connectivity index (χ2v) is 7.38. The van der Waals surface area contributed by atoms with E-state index in [0.29, 0.717) is 37.0 Å². The minimum absolute atomic E-state index is 0.00373. The zero-order valence-corrected chi connectivity index (χ0v) is 16.6. The van der Waals surface area contributed by atoms with Crippen LogP contribution >= 0.6 is 0 Å². The molecule has 0 aliphatic carbocycles. The van der Waals surface area contributed by atoms with Gasteiger partial charge < -0.3 is 14.2 Å². The third kappa shape index (κ3) is 3.91. The Kier molecular flexibility index (Phi) is 5.39. The van der Waals surface area contributed by atoms with Crippen molar-refractivity contribution in [1.29, 1.82) is 0 Å². The van der Waals surface area contributed by atoms with Gasteiger partial charge in [0.15, 0.2) is 5.82 Å². The van der Waals surface area contributed by atoms with Gasteiger partial charge in [-0.1, -0.05) is 5.16 Å². The van der Waals surface area contributed by atoms with Gasteiger partial charge in [-0.2, -0.15) is 10.1 Å². The van der Waals surface area contributed by atoms with E-state index in [9.17, 15) is 4.79 Å². The molecule has 0 bridgehead atoms. The molecular weight excluding hydrogens is 372 g/mol. The maximum Gasteiger partial charge on any atom is 0.258 e. The molecule has 1 aliphatic heterocycles. The summed E-state index contributed by atoms with van der Waals surface area (Å²) in [5, 5.41) is 8.39. The summed E-state index contributed by atoms with van der Waals surface area (Å²) in [5.41, 5.74) is 1.16. The molecule has 4 rings (SSSR count). The summed E-state index contributed by atoms with van der Waals surface area (Å²) in [6.07, 6.45) is 9.01. The molecule has 29 heavy (non-hydrogen) atoms. The minimum Gasteiger partial charge on any atom is -0.385 e. The lowest BCUT2D eigenvalue weighted by atomic mass is 9.75. The molecule has 152 valence electrons. The molecule has 3 aromatic rings. The summed E-state index contributed by atoms with van der Waals surface area (Å²) in [6.45, 7) is 1.84. The van der Waals surface area contributed by atoms with Crippen molar-refractivity contribution in [2.75, 3.05) is 26.8 Å². The fourth-order valence-corrected chi connectivity index (χ4v) is 3.79. The molecular formula is C20H24N6O3. The third-order valence-corrected chi connectivity index (χ3v) is 5.57. The summed E-state index contributed by atoms with van der Waals surface area (Å²) in [5.74, 6) is 1.16. The third-order valence-electron chi connectivity index (χ3n) is 5.57. The molecule has 3 aromatic heterocycles. The van der Waals surface area contributed by atoms with Crippen LogP contribution in [-0.2, 0) is 17.2 Å². The van der Waals surface area contributed by atoms with Crippen molar-refractivity contribution in [3.05, 3.63) is 48.3 Å². The smallest absolute Gasteiger partial charge is 0.258 e. The normalized spacial score (nSPS) is 16.1. The average molecular weight is 396 g/mol. The second kappa shape index (κ2) is 8.12. The van der Waals surface area contributed by atoms with Gasteiger partial charge in [0.05, 0.1) is 11.8 Å². The minimum atomic E-state index is -0.281. The molecule has 1 fully saturated rings. The van der Waals surface area contributed by atoms with Crippen LogP contribution in [0.1, 0.15) is 35.4 Å². The number of carbonyl (C=O) groups is 1. The van der Waals surface area contributed by atoms with E-state index in [1.165, 1.54) is 0 Å². The lowest BCUT2D eigenvalue weighted by molar-refractivity contribution is 0.0616. The van der Waals surface area contributed by atoms with Crippen molar-refractivity contribution >= 4 is 5.91 Å². The summed E-state index contributed by atoms with van der Waals surface area (Å²) in [6, 6.07) is 3.68. The van der Waals surface area contributed by atoms with Crippen LogP contribution in [0, 0.1) is 0 Å². The summed E-state index contributed by atoms with van der Waals surface area (Å²) in [4.78, 5) is 23.3. The van der Waals surface area contributed by atoms with Crippen molar-refractivity contribution in [1.82, 2.24) is 29.8 Å². The Morgan fingerprint density at radius 1 is 1.28 bits per heavy atom. The Balaban J connectivity index is 1.53.